The highest BCUT2D eigenvalue weighted by Crippen LogP contribution is 2.47. The van der Waals surface area contributed by atoms with Gasteiger partial charge in [0.15, 0.2) is 0 Å². The highest BCUT2D eigenvalue weighted by Gasteiger charge is 2.34. The van der Waals surface area contributed by atoms with Crippen molar-refractivity contribution in [2.75, 3.05) is 0 Å². The van der Waals surface area contributed by atoms with Crippen LogP contribution in [0.2, 0.25) is 0 Å². The quantitative estimate of drug-likeness (QED) is 0.436. The van der Waals surface area contributed by atoms with Crippen LogP contribution in [0.25, 0.3) is 10.8 Å². The number of ether oxygens (including phenoxy) is 1. The second-order valence-corrected chi connectivity index (χ2v) is 7.92. The van der Waals surface area contributed by atoms with Crippen LogP contribution in [-0.4, -0.2) is 19.1 Å². The molecule has 0 radical (unpaired) electrons. The lowest BCUT2D eigenvalue weighted by Crippen LogP contribution is -2.30. The van der Waals surface area contributed by atoms with E-state index < -0.39 is 0 Å². The van der Waals surface area contributed by atoms with Crippen molar-refractivity contribution in [3.05, 3.63) is 102 Å². The lowest BCUT2D eigenvalue weighted by atomic mass is 9.86. The molecule has 5 aromatic rings. The van der Waals surface area contributed by atoms with Gasteiger partial charge in [0.05, 0.1) is 24.1 Å². The Hall–Kier alpha value is -4.13. The summed E-state index contributed by atoms with van der Waals surface area (Å²) < 4.78 is 16.1. The Morgan fingerprint density at radius 1 is 1.00 bits per heavy atom. The molecule has 0 bridgehead atoms. The maximum absolute atomic E-state index is 9.00. The van der Waals surface area contributed by atoms with Gasteiger partial charge in [0.1, 0.15) is 23.3 Å². The van der Waals surface area contributed by atoms with Crippen LogP contribution in [0.5, 0.6) is 11.6 Å². The molecule has 0 fully saturated rings. The number of imidazole rings is 1. The zero-order chi connectivity index (χ0) is 21.5. The summed E-state index contributed by atoms with van der Waals surface area (Å²) in [5.74, 6) is 1.76. The monoisotopic (exact) mass is 423 g/mol. The van der Waals surface area contributed by atoms with Crippen LogP contribution in [0, 0.1) is 5.41 Å². The number of fused-ring (bicyclic) bond motifs is 4. The van der Waals surface area contributed by atoms with Gasteiger partial charge in [-0.15, -0.1) is 0 Å². The lowest BCUT2D eigenvalue weighted by Gasteiger charge is -2.28. The molecule has 4 heterocycles. The Morgan fingerprint density at radius 3 is 2.78 bits per heavy atom. The Balaban J connectivity index is 1.45. The molecule has 0 aliphatic carbocycles. The molecule has 158 valence electrons. The van der Waals surface area contributed by atoms with Gasteiger partial charge >= 0.3 is 0 Å². The van der Waals surface area contributed by atoms with Gasteiger partial charge in [-0.3, -0.25) is 5.41 Å². The molecule has 3 aromatic heterocycles. The Bertz CT molecular complexity index is 1450. The van der Waals surface area contributed by atoms with Crippen molar-refractivity contribution in [1.82, 2.24) is 19.1 Å². The fourth-order valence-electron chi connectivity index (χ4n) is 4.46. The molecule has 7 heteroatoms. The topological polar surface area (TPSA) is 81.9 Å². The highest BCUT2D eigenvalue weighted by atomic mass is 16.5. The van der Waals surface area contributed by atoms with Gasteiger partial charge in [-0.1, -0.05) is 36.4 Å². The van der Waals surface area contributed by atoms with Crippen molar-refractivity contribution < 1.29 is 9.15 Å². The summed E-state index contributed by atoms with van der Waals surface area (Å²) in [6.45, 7) is 1.50. The van der Waals surface area contributed by atoms with Crippen molar-refractivity contribution in [1.29, 1.82) is 5.41 Å². The van der Waals surface area contributed by atoms with E-state index in [4.69, 9.17) is 14.6 Å². The average Bonchev–Trinajstić information content (AvgIpc) is 3.54. The number of rotatable bonds is 5. The molecule has 1 N–H and O–H groups in total. The number of aromatic nitrogens is 4. The van der Waals surface area contributed by atoms with Gasteiger partial charge in [-0.2, -0.15) is 0 Å². The zero-order valence-corrected chi connectivity index (χ0v) is 17.3. The first-order chi connectivity index (χ1) is 15.8. The summed E-state index contributed by atoms with van der Waals surface area (Å²) in [6, 6.07) is 16.1. The minimum absolute atomic E-state index is 0.255. The predicted molar refractivity (Wildman–Crippen MR) is 119 cm³/mol. The van der Waals surface area contributed by atoms with Gasteiger partial charge in [-0.05, 0) is 23.9 Å². The average molecular weight is 423 g/mol. The number of furan rings is 1. The molecule has 1 aliphatic heterocycles. The molecule has 1 aliphatic rings. The summed E-state index contributed by atoms with van der Waals surface area (Å²) in [4.78, 5) is 8.71. The number of nitrogens with zero attached hydrogens (tertiary/aromatic N) is 4. The van der Waals surface area contributed by atoms with Crippen molar-refractivity contribution in [3.8, 4) is 11.6 Å². The predicted octanol–water partition coefficient (Wildman–Crippen LogP) is 4.68. The van der Waals surface area contributed by atoms with E-state index >= 15 is 0 Å². The van der Waals surface area contributed by atoms with Crippen molar-refractivity contribution >= 4 is 10.8 Å². The molecule has 0 saturated carbocycles. The molecule has 1 atom stereocenters. The number of nitrogens with one attached hydrogen (secondary N) is 1. The third-order valence-corrected chi connectivity index (χ3v) is 6.00. The second kappa shape index (κ2) is 7.53. The summed E-state index contributed by atoms with van der Waals surface area (Å²) in [7, 11) is 0. The first-order valence-electron chi connectivity index (χ1n) is 10.6. The van der Waals surface area contributed by atoms with Crippen LogP contribution < -0.4 is 10.2 Å². The minimum atomic E-state index is -0.255. The summed E-state index contributed by atoms with van der Waals surface area (Å²) in [5.41, 5.74) is 2.10. The smallest absolute Gasteiger partial charge is 0.228 e. The fourth-order valence-corrected chi connectivity index (χ4v) is 4.46. The zero-order valence-electron chi connectivity index (χ0n) is 17.3. The van der Waals surface area contributed by atoms with Crippen LogP contribution in [-0.2, 0) is 13.1 Å². The van der Waals surface area contributed by atoms with Gasteiger partial charge in [0, 0.05) is 36.4 Å². The van der Waals surface area contributed by atoms with E-state index in [1.807, 2.05) is 39.6 Å². The standard InChI is InChI=1S/C25H21N5O2/c26-24-22-21(20-7-3-14-31-20)19-9-8-17-5-1-2-6-18(17)23(19)32-25(22)28-16-30(24)12-4-11-29-13-10-27-15-29/h1-3,5-10,13-16,21,26H,4,11-12H2. The number of aryl methyl sites for hydroxylation is 2. The minimum Gasteiger partial charge on any atom is -0.468 e. The van der Waals surface area contributed by atoms with Crippen molar-refractivity contribution in [2.45, 2.75) is 25.4 Å². The van der Waals surface area contributed by atoms with Crippen LogP contribution >= 0.6 is 0 Å². The number of benzene rings is 2. The Kier molecular flexibility index (Phi) is 4.38. The normalized spacial score (nSPS) is 14.7. The largest absolute Gasteiger partial charge is 0.468 e. The van der Waals surface area contributed by atoms with E-state index in [0.29, 0.717) is 17.9 Å². The lowest BCUT2D eigenvalue weighted by molar-refractivity contribution is 0.408. The van der Waals surface area contributed by atoms with E-state index in [1.165, 1.54) is 0 Å². The van der Waals surface area contributed by atoms with E-state index in [-0.39, 0.29) is 5.92 Å². The van der Waals surface area contributed by atoms with Crippen LogP contribution in [0.1, 0.15) is 29.2 Å². The van der Waals surface area contributed by atoms with E-state index in [0.717, 1.165) is 46.4 Å². The first-order valence-corrected chi connectivity index (χ1v) is 10.6. The molecule has 0 saturated heterocycles. The van der Waals surface area contributed by atoms with E-state index in [2.05, 4.69) is 34.2 Å². The Labute approximate surface area is 184 Å². The molecule has 0 spiro atoms. The maximum atomic E-state index is 9.00. The van der Waals surface area contributed by atoms with Gasteiger partial charge < -0.3 is 18.3 Å². The van der Waals surface area contributed by atoms with Gasteiger partial charge in [0.2, 0.25) is 5.88 Å². The number of hydrogen-bond acceptors (Lipinski definition) is 5. The molecular weight excluding hydrogens is 402 g/mol. The molecule has 0 amide bonds. The second-order valence-electron chi connectivity index (χ2n) is 7.92. The van der Waals surface area contributed by atoms with Crippen LogP contribution in [0.3, 0.4) is 0 Å². The molecule has 1 unspecified atom stereocenters. The van der Waals surface area contributed by atoms with Crippen molar-refractivity contribution in [2.24, 2.45) is 0 Å². The molecule has 2 aromatic carbocycles. The third-order valence-electron chi connectivity index (χ3n) is 6.00. The molecular formula is C25H21N5O2. The summed E-state index contributed by atoms with van der Waals surface area (Å²) in [6.07, 6.45) is 9.75. The van der Waals surface area contributed by atoms with Gasteiger partial charge in [-0.25, -0.2) is 9.97 Å². The third kappa shape index (κ3) is 3.01. The van der Waals surface area contributed by atoms with Gasteiger partial charge in [0.25, 0.3) is 0 Å². The summed E-state index contributed by atoms with van der Waals surface area (Å²) >= 11 is 0. The molecule has 32 heavy (non-hydrogen) atoms. The fraction of sp³-hybridized carbons (Fsp3) is 0.160. The first kappa shape index (κ1) is 18.6. The highest BCUT2D eigenvalue weighted by molar-refractivity contribution is 5.91. The van der Waals surface area contributed by atoms with Crippen LogP contribution in [0.15, 0.2) is 84.3 Å². The molecule has 7 nitrogen and oxygen atoms in total. The maximum Gasteiger partial charge on any atom is 0.228 e. The SMILES string of the molecule is N=c1c2c(ncn1CCCn1ccnc1)Oc1c(ccc3ccccc13)C2c1ccco1. The van der Waals surface area contributed by atoms with E-state index in [9.17, 15) is 0 Å². The Morgan fingerprint density at radius 2 is 1.94 bits per heavy atom. The van der Waals surface area contributed by atoms with Crippen LogP contribution in [0.4, 0.5) is 0 Å². The summed E-state index contributed by atoms with van der Waals surface area (Å²) in [5, 5.41) is 11.1. The van der Waals surface area contributed by atoms with E-state index in [1.54, 1.807) is 25.1 Å². The molecule has 6 rings (SSSR count). The van der Waals surface area contributed by atoms with Crippen molar-refractivity contribution in [3.63, 3.8) is 0 Å². The number of hydrogen-bond donors (Lipinski definition) is 1.